The minimum atomic E-state index is -0.671. The molecule has 18 heavy (non-hydrogen) atoms. The number of nitrogens with one attached hydrogen (secondary N) is 1. The second kappa shape index (κ2) is 6.51. The van der Waals surface area contributed by atoms with Crippen LogP contribution in [0.5, 0.6) is 5.75 Å². The first kappa shape index (κ1) is 14.7. The van der Waals surface area contributed by atoms with E-state index < -0.39 is 6.10 Å². The summed E-state index contributed by atoms with van der Waals surface area (Å²) < 4.78 is 10.9. The van der Waals surface area contributed by atoms with Crippen molar-refractivity contribution in [3.8, 4) is 5.75 Å². The lowest BCUT2D eigenvalue weighted by atomic mass is 10.2. The molecule has 0 fully saturated rings. The van der Waals surface area contributed by atoms with E-state index in [0.717, 1.165) is 0 Å². The third-order valence-electron chi connectivity index (χ3n) is 2.04. The molecule has 1 aromatic rings. The summed E-state index contributed by atoms with van der Waals surface area (Å²) in [4.78, 5) is 0. The zero-order valence-electron chi connectivity index (χ0n) is 11.3. The fraction of sp³-hybridized carbons (Fsp3) is 0.667. The number of rotatable bonds is 6. The number of ether oxygens (including phenoxy) is 2. The highest BCUT2D eigenvalue weighted by Crippen LogP contribution is 2.13. The highest BCUT2D eigenvalue weighted by molar-refractivity contribution is 5.37. The molecule has 1 rings (SSSR count). The third-order valence-corrected chi connectivity index (χ3v) is 2.04. The number of aliphatic hydroxyl groups excluding tert-OH is 1. The van der Waals surface area contributed by atoms with Gasteiger partial charge in [0.15, 0.2) is 5.82 Å². The number of aliphatic hydroxyl groups is 1. The van der Waals surface area contributed by atoms with Crippen molar-refractivity contribution in [1.29, 1.82) is 0 Å². The molecule has 0 radical (unpaired) electrons. The van der Waals surface area contributed by atoms with Crippen LogP contribution in [0.1, 0.15) is 20.8 Å². The molecule has 0 aliphatic carbocycles. The molecule has 1 atom stereocenters. The molecule has 1 unspecified atom stereocenters. The van der Waals surface area contributed by atoms with E-state index in [0.29, 0.717) is 11.6 Å². The van der Waals surface area contributed by atoms with E-state index in [1.165, 1.54) is 6.20 Å². The molecule has 0 saturated heterocycles. The van der Waals surface area contributed by atoms with Crippen molar-refractivity contribution < 1.29 is 14.6 Å². The van der Waals surface area contributed by atoms with Gasteiger partial charge >= 0.3 is 0 Å². The second-order valence-electron chi connectivity index (χ2n) is 4.91. The van der Waals surface area contributed by atoms with Gasteiger partial charge in [0, 0.05) is 13.1 Å². The Kier molecular flexibility index (Phi) is 5.30. The molecule has 0 saturated carbocycles. The van der Waals surface area contributed by atoms with Crippen LogP contribution in [-0.4, -0.2) is 47.3 Å². The molecule has 0 bridgehead atoms. The summed E-state index contributed by atoms with van der Waals surface area (Å²) >= 11 is 0. The normalized spacial score (nSPS) is 13.2. The fourth-order valence-electron chi connectivity index (χ4n) is 1.14. The topological polar surface area (TPSA) is 76.5 Å². The van der Waals surface area contributed by atoms with Gasteiger partial charge in [0.2, 0.25) is 0 Å². The Morgan fingerprint density at radius 2 is 2.11 bits per heavy atom. The Balaban J connectivity index is 2.35. The van der Waals surface area contributed by atoms with Gasteiger partial charge in [0.25, 0.3) is 0 Å². The molecule has 0 amide bonds. The van der Waals surface area contributed by atoms with Crippen LogP contribution in [0.25, 0.3) is 0 Å². The molecule has 6 heteroatoms. The number of anilines is 1. The van der Waals surface area contributed by atoms with Crippen LogP contribution >= 0.6 is 0 Å². The lowest BCUT2D eigenvalue weighted by Gasteiger charge is -2.22. The van der Waals surface area contributed by atoms with Crippen LogP contribution in [-0.2, 0) is 4.74 Å². The summed E-state index contributed by atoms with van der Waals surface area (Å²) in [7, 11) is 1.75. The first-order valence-electron chi connectivity index (χ1n) is 5.86. The highest BCUT2D eigenvalue weighted by atomic mass is 16.5. The molecular weight excluding hydrogens is 234 g/mol. The zero-order valence-corrected chi connectivity index (χ0v) is 11.3. The van der Waals surface area contributed by atoms with E-state index >= 15 is 0 Å². The maximum absolute atomic E-state index is 9.70. The van der Waals surface area contributed by atoms with Crippen molar-refractivity contribution in [2.24, 2.45) is 0 Å². The van der Waals surface area contributed by atoms with Crippen LogP contribution in [0.15, 0.2) is 12.3 Å². The van der Waals surface area contributed by atoms with E-state index in [-0.39, 0.29) is 18.8 Å². The highest BCUT2D eigenvalue weighted by Gasteiger charge is 2.14. The standard InChI is InChI=1S/C12H21N3O3/c1-12(2,3)18-8-9(16)7-17-10-5-11(13-4)15-14-6-10/h5-6,9,16H,7-8H2,1-4H3,(H,13,15). The SMILES string of the molecule is CNc1cc(OCC(O)COC(C)(C)C)cnn1. The lowest BCUT2D eigenvalue weighted by molar-refractivity contribution is -0.0586. The van der Waals surface area contributed by atoms with Crippen LogP contribution in [0.3, 0.4) is 0 Å². The molecule has 0 aliphatic heterocycles. The first-order valence-corrected chi connectivity index (χ1v) is 5.86. The molecule has 0 spiro atoms. The van der Waals surface area contributed by atoms with Gasteiger partial charge in [0.05, 0.1) is 18.4 Å². The first-order chi connectivity index (χ1) is 8.40. The number of hydrogen-bond acceptors (Lipinski definition) is 6. The minimum absolute atomic E-state index is 0.158. The van der Waals surface area contributed by atoms with Crippen molar-refractivity contribution in [2.45, 2.75) is 32.5 Å². The van der Waals surface area contributed by atoms with Gasteiger partial charge in [-0.25, -0.2) is 0 Å². The summed E-state index contributed by atoms with van der Waals surface area (Å²) in [5.41, 5.74) is -0.265. The maximum Gasteiger partial charge on any atom is 0.152 e. The van der Waals surface area contributed by atoms with Gasteiger partial charge in [-0.2, -0.15) is 5.10 Å². The van der Waals surface area contributed by atoms with Gasteiger partial charge in [0.1, 0.15) is 18.5 Å². The lowest BCUT2D eigenvalue weighted by Crippen LogP contribution is -2.29. The van der Waals surface area contributed by atoms with Gasteiger partial charge in [-0.05, 0) is 20.8 Å². The van der Waals surface area contributed by atoms with Crippen molar-refractivity contribution in [3.05, 3.63) is 12.3 Å². The van der Waals surface area contributed by atoms with Gasteiger partial charge in [-0.1, -0.05) is 0 Å². The van der Waals surface area contributed by atoms with E-state index in [1.54, 1.807) is 13.1 Å². The van der Waals surface area contributed by atoms with Crippen molar-refractivity contribution in [2.75, 3.05) is 25.6 Å². The minimum Gasteiger partial charge on any atom is -0.489 e. The van der Waals surface area contributed by atoms with Crippen LogP contribution in [0, 0.1) is 0 Å². The molecular formula is C12H21N3O3. The van der Waals surface area contributed by atoms with Crippen molar-refractivity contribution in [3.63, 3.8) is 0 Å². The third kappa shape index (κ3) is 5.79. The summed E-state index contributed by atoms with van der Waals surface area (Å²) in [6.07, 6.45) is 0.827. The smallest absolute Gasteiger partial charge is 0.152 e. The predicted molar refractivity (Wildman–Crippen MR) is 68.8 cm³/mol. The molecule has 0 aliphatic rings. The summed E-state index contributed by atoms with van der Waals surface area (Å²) in [5.74, 6) is 1.18. The van der Waals surface area contributed by atoms with Crippen LogP contribution in [0.2, 0.25) is 0 Å². The Hall–Kier alpha value is -1.40. The number of aromatic nitrogens is 2. The molecule has 2 N–H and O–H groups in total. The quantitative estimate of drug-likeness (QED) is 0.792. The summed E-state index contributed by atoms with van der Waals surface area (Å²) in [5, 5.41) is 20.2. The van der Waals surface area contributed by atoms with E-state index in [4.69, 9.17) is 9.47 Å². The number of nitrogens with zero attached hydrogens (tertiary/aromatic N) is 2. The average Bonchev–Trinajstić information content (AvgIpc) is 2.33. The maximum atomic E-state index is 9.70. The second-order valence-corrected chi connectivity index (χ2v) is 4.91. The molecule has 6 nitrogen and oxygen atoms in total. The van der Waals surface area contributed by atoms with Crippen LogP contribution in [0.4, 0.5) is 5.82 Å². The van der Waals surface area contributed by atoms with Gasteiger partial charge in [-0.15, -0.1) is 5.10 Å². The zero-order chi connectivity index (χ0) is 13.6. The fourth-order valence-corrected chi connectivity index (χ4v) is 1.14. The van der Waals surface area contributed by atoms with Crippen molar-refractivity contribution in [1.82, 2.24) is 10.2 Å². The number of hydrogen-bond donors (Lipinski definition) is 2. The Morgan fingerprint density at radius 3 is 2.72 bits per heavy atom. The van der Waals surface area contributed by atoms with E-state index in [2.05, 4.69) is 15.5 Å². The van der Waals surface area contributed by atoms with E-state index in [9.17, 15) is 5.11 Å². The van der Waals surface area contributed by atoms with Crippen molar-refractivity contribution >= 4 is 5.82 Å². The van der Waals surface area contributed by atoms with Crippen LogP contribution < -0.4 is 10.1 Å². The molecule has 102 valence electrons. The largest absolute Gasteiger partial charge is 0.489 e. The van der Waals surface area contributed by atoms with Gasteiger partial charge in [-0.3, -0.25) is 0 Å². The molecule has 1 aromatic heterocycles. The summed E-state index contributed by atoms with van der Waals surface area (Å²) in [6, 6.07) is 1.71. The summed E-state index contributed by atoms with van der Waals surface area (Å²) in [6.45, 7) is 6.21. The Morgan fingerprint density at radius 1 is 1.39 bits per heavy atom. The Labute approximate surface area is 107 Å². The molecule has 1 heterocycles. The van der Waals surface area contributed by atoms with E-state index in [1.807, 2.05) is 20.8 Å². The van der Waals surface area contributed by atoms with Gasteiger partial charge < -0.3 is 19.9 Å². The Bertz CT molecular complexity index is 366. The molecule has 0 aromatic carbocycles. The predicted octanol–water partition coefficient (Wildman–Crippen LogP) is 1.07. The average molecular weight is 255 g/mol. The monoisotopic (exact) mass is 255 g/mol.